The predicted octanol–water partition coefficient (Wildman–Crippen LogP) is 3.58. The second kappa shape index (κ2) is 9.05. The first-order chi connectivity index (χ1) is 14.5. The highest BCUT2D eigenvalue weighted by molar-refractivity contribution is 7.89. The van der Waals surface area contributed by atoms with Gasteiger partial charge in [-0.05, 0) is 42.8 Å². The highest BCUT2D eigenvalue weighted by atomic mass is 35.5. The van der Waals surface area contributed by atoms with Crippen LogP contribution in [0.5, 0.6) is 5.75 Å². The van der Waals surface area contributed by atoms with Crippen molar-refractivity contribution >= 4 is 27.5 Å². The Hall–Kier alpha value is -2.30. The van der Waals surface area contributed by atoms with E-state index in [0.717, 1.165) is 22.0 Å². The number of sulfonamides is 1. The van der Waals surface area contributed by atoms with Crippen LogP contribution >= 0.6 is 11.6 Å². The standard InChI is InChI=1S/C20H20ClF3N2O4S/c1-14-3-2-4-15(11-14)30-13-19(27)25-7-9-26(10-8-25)31(28,29)16-5-6-18(21)17(12-16)20(22,23)24/h2-6,11-12H,7-10,13H2,1H3. The van der Waals surface area contributed by atoms with Crippen molar-refractivity contribution in [1.29, 1.82) is 0 Å². The Balaban J connectivity index is 1.62. The molecule has 168 valence electrons. The van der Waals surface area contributed by atoms with Gasteiger partial charge in [-0.1, -0.05) is 23.7 Å². The average Bonchev–Trinajstić information content (AvgIpc) is 2.71. The number of hydrogen-bond acceptors (Lipinski definition) is 4. The van der Waals surface area contributed by atoms with E-state index in [1.165, 1.54) is 4.90 Å². The molecule has 1 heterocycles. The lowest BCUT2D eigenvalue weighted by atomic mass is 10.2. The van der Waals surface area contributed by atoms with Crippen molar-refractivity contribution in [3.63, 3.8) is 0 Å². The van der Waals surface area contributed by atoms with Crippen molar-refractivity contribution in [1.82, 2.24) is 9.21 Å². The van der Waals surface area contributed by atoms with Gasteiger partial charge in [0.25, 0.3) is 5.91 Å². The summed E-state index contributed by atoms with van der Waals surface area (Å²) in [6.07, 6.45) is -4.77. The van der Waals surface area contributed by atoms with Gasteiger partial charge in [0.05, 0.1) is 15.5 Å². The van der Waals surface area contributed by atoms with Crippen molar-refractivity contribution in [3.05, 3.63) is 58.6 Å². The van der Waals surface area contributed by atoms with Crippen LogP contribution in [0.15, 0.2) is 47.4 Å². The first-order valence-electron chi connectivity index (χ1n) is 9.32. The number of alkyl halides is 3. The van der Waals surface area contributed by atoms with Gasteiger partial charge in [-0.2, -0.15) is 17.5 Å². The summed E-state index contributed by atoms with van der Waals surface area (Å²) in [6, 6.07) is 9.71. The van der Waals surface area contributed by atoms with Crippen LogP contribution in [0.4, 0.5) is 13.2 Å². The highest BCUT2D eigenvalue weighted by Crippen LogP contribution is 2.36. The van der Waals surface area contributed by atoms with E-state index in [-0.39, 0.29) is 38.7 Å². The maximum atomic E-state index is 13.1. The summed E-state index contributed by atoms with van der Waals surface area (Å²) in [6.45, 7) is 1.84. The normalized spacial score (nSPS) is 15.7. The Morgan fingerprint density at radius 1 is 1.10 bits per heavy atom. The second-order valence-electron chi connectivity index (χ2n) is 7.03. The molecule has 0 N–H and O–H groups in total. The zero-order valence-electron chi connectivity index (χ0n) is 16.5. The molecule has 1 fully saturated rings. The highest BCUT2D eigenvalue weighted by Gasteiger charge is 2.36. The minimum absolute atomic E-state index is 0.0392. The Morgan fingerprint density at radius 3 is 2.39 bits per heavy atom. The Labute approximate surface area is 183 Å². The van der Waals surface area contributed by atoms with Crippen LogP contribution in [0.25, 0.3) is 0 Å². The van der Waals surface area contributed by atoms with Crippen LogP contribution in [0.2, 0.25) is 5.02 Å². The first kappa shape index (κ1) is 23.4. The third-order valence-electron chi connectivity index (χ3n) is 4.82. The van der Waals surface area contributed by atoms with E-state index in [1.54, 1.807) is 18.2 Å². The number of aryl methyl sites for hydroxylation is 1. The Morgan fingerprint density at radius 2 is 1.77 bits per heavy atom. The number of amides is 1. The topological polar surface area (TPSA) is 66.9 Å². The molecular weight excluding hydrogens is 457 g/mol. The molecule has 31 heavy (non-hydrogen) atoms. The fourth-order valence-corrected chi connectivity index (χ4v) is 4.82. The summed E-state index contributed by atoms with van der Waals surface area (Å²) in [5.74, 6) is 0.252. The zero-order valence-corrected chi connectivity index (χ0v) is 18.1. The van der Waals surface area contributed by atoms with Crippen LogP contribution in [0, 0.1) is 6.92 Å². The third-order valence-corrected chi connectivity index (χ3v) is 7.05. The summed E-state index contributed by atoms with van der Waals surface area (Å²) in [5.41, 5.74) is -0.225. The van der Waals surface area contributed by atoms with Crippen molar-refractivity contribution in [3.8, 4) is 5.75 Å². The van der Waals surface area contributed by atoms with Crippen LogP contribution in [-0.2, 0) is 21.0 Å². The molecule has 2 aromatic rings. The molecular formula is C20H20ClF3N2O4S. The lowest BCUT2D eigenvalue weighted by molar-refractivity contribution is -0.137. The molecule has 1 aliphatic heterocycles. The van der Waals surface area contributed by atoms with Gasteiger partial charge in [-0.25, -0.2) is 8.42 Å². The lowest BCUT2D eigenvalue weighted by Crippen LogP contribution is -2.51. The molecule has 3 rings (SSSR count). The molecule has 0 aliphatic carbocycles. The fourth-order valence-electron chi connectivity index (χ4n) is 3.15. The van der Waals surface area contributed by atoms with E-state index >= 15 is 0 Å². The molecule has 0 spiro atoms. The Bertz CT molecular complexity index is 1070. The minimum atomic E-state index is -4.77. The molecule has 11 heteroatoms. The smallest absolute Gasteiger partial charge is 0.417 e. The maximum absolute atomic E-state index is 13.1. The van der Waals surface area contributed by atoms with Crippen molar-refractivity contribution in [2.75, 3.05) is 32.8 Å². The average molecular weight is 477 g/mol. The summed E-state index contributed by atoms with van der Waals surface area (Å²) < 4.78 is 71.3. The molecule has 0 radical (unpaired) electrons. The maximum Gasteiger partial charge on any atom is 0.417 e. The number of ether oxygens (including phenoxy) is 1. The quantitative estimate of drug-likeness (QED) is 0.661. The van der Waals surface area contributed by atoms with E-state index < -0.39 is 31.7 Å². The molecule has 0 saturated carbocycles. The number of carbonyl (C=O) groups excluding carboxylic acids is 1. The number of benzene rings is 2. The number of piperazine rings is 1. The van der Waals surface area contributed by atoms with E-state index in [0.29, 0.717) is 11.8 Å². The first-order valence-corrected chi connectivity index (χ1v) is 11.1. The van der Waals surface area contributed by atoms with Crippen LogP contribution in [0.1, 0.15) is 11.1 Å². The molecule has 0 aromatic heterocycles. The molecule has 1 aliphatic rings. The summed E-state index contributed by atoms with van der Waals surface area (Å²) in [4.78, 5) is 13.3. The molecule has 1 amide bonds. The molecule has 1 saturated heterocycles. The molecule has 2 aromatic carbocycles. The Kier molecular flexibility index (Phi) is 6.82. The van der Waals surface area contributed by atoms with Gasteiger partial charge >= 0.3 is 6.18 Å². The number of carbonyl (C=O) groups is 1. The predicted molar refractivity (Wildman–Crippen MR) is 108 cm³/mol. The van der Waals surface area contributed by atoms with E-state index in [4.69, 9.17) is 16.3 Å². The fraction of sp³-hybridized carbons (Fsp3) is 0.350. The van der Waals surface area contributed by atoms with Crippen molar-refractivity contribution in [2.45, 2.75) is 18.0 Å². The molecule has 0 atom stereocenters. The van der Waals surface area contributed by atoms with Crippen molar-refractivity contribution < 1.29 is 31.1 Å². The SMILES string of the molecule is Cc1cccc(OCC(=O)N2CCN(S(=O)(=O)c3ccc(Cl)c(C(F)(F)F)c3)CC2)c1. The molecule has 6 nitrogen and oxygen atoms in total. The van der Waals surface area contributed by atoms with Gasteiger partial charge in [-0.15, -0.1) is 0 Å². The second-order valence-corrected chi connectivity index (χ2v) is 9.37. The van der Waals surface area contributed by atoms with Gasteiger partial charge < -0.3 is 9.64 Å². The number of hydrogen-bond donors (Lipinski definition) is 0. The number of rotatable bonds is 5. The van der Waals surface area contributed by atoms with Gasteiger partial charge in [0.1, 0.15) is 5.75 Å². The largest absolute Gasteiger partial charge is 0.484 e. The van der Waals surface area contributed by atoms with Crippen molar-refractivity contribution in [2.24, 2.45) is 0 Å². The van der Waals surface area contributed by atoms with E-state index in [2.05, 4.69) is 0 Å². The van der Waals surface area contributed by atoms with Crippen LogP contribution in [-0.4, -0.2) is 56.3 Å². The van der Waals surface area contributed by atoms with Gasteiger partial charge in [0, 0.05) is 26.2 Å². The zero-order chi connectivity index (χ0) is 22.8. The van der Waals surface area contributed by atoms with E-state index in [1.807, 2.05) is 13.0 Å². The van der Waals surface area contributed by atoms with Gasteiger partial charge in [-0.3, -0.25) is 4.79 Å². The summed E-state index contributed by atoms with van der Waals surface area (Å²) in [7, 11) is -4.17. The number of nitrogens with zero attached hydrogens (tertiary/aromatic N) is 2. The summed E-state index contributed by atoms with van der Waals surface area (Å²) >= 11 is 5.57. The monoisotopic (exact) mass is 476 g/mol. The third kappa shape index (κ3) is 5.50. The molecule has 0 unspecified atom stereocenters. The van der Waals surface area contributed by atoms with Gasteiger partial charge in [0.2, 0.25) is 10.0 Å². The van der Waals surface area contributed by atoms with Crippen LogP contribution < -0.4 is 4.74 Å². The number of halogens is 4. The van der Waals surface area contributed by atoms with Crippen LogP contribution in [0.3, 0.4) is 0 Å². The minimum Gasteiger partial charge on any atom is -0.484 e. The van der Waals surface area contributed by atoms with E-state index in [9.17, 15) is 26.4 Å². The lowest BCUT2D eigenvalue weighted by Gasteiger charge is -2.34. The summed E-state index contributed by atoms with van der Waals surface area (Å²) in [5, 5.41) is -0.574. The van der Waals surface area contributed by atoms with Gasteiger partial charge in [0.15, 0.2) is 6.61 Å². The molecule has 0 bridgehead atoms.